The summed E-state index contributed by atoms with van der Waals surface area (Å²) in [4.78, 5) is 0. The van der Waals surface area contributed by atoms with Crippen LogP contribution in [0, 0.1) is 13.8 Å². The lowest BCUT2D eigenvalue weighted by molar-refractivity contribution is 0.341. The summed E-state index contributed by atoms with van der Waals surface area (Å²) in [6.45, 7) is 12.6. The first kappa shape index (κ1) is 23.1. The van der Waals surface area contributed by atoms with E-state index in [-0.39, 0.29) is 0 Å². The molecule has 1 N–H and O–H groups in total. The van der Waals surface area contributed by atoms with Gasteiger partial charge in [-0.25, -0.2) is 0 Å². The van der Waals surface area contributed by atoms with Gasteiger partial charge in [0, 0.05) is 18.2 Å². The molecule has 32 heavy (non-hydrogen) atoms. The van der Waals surface area contributed by atoms with E-state index >= 15 is 0 Å². The molecule has 0 radical (unpaired) electrons. The smallest absolute Gasteiger partial charge is 0.290 e. The van der Waals surface area contributed by atoms with Crippen molar-refractivity contribution in [1.82, 2.24) is 0 Å². The third-order valence-corrected chi connectivity index (χ3v) is 5.27. The lowest BCUT2D eigenvalue weighted by atomic mass is 9.96. The van der Waals surface area contributed by atoms with Gasteiger partial charge in [-0.05, 0) is 48.6 Å². The summed E-state index contributed by atoms with van der Waals surface area (Å²) < 4.78 is 28.2. The van der Waals surface area contributed by atoms with Crippen molar-refractivity contribution < 1.29 is 23.4 Å². The van der Waals surface area contributed by atoms with Crippen LogP contribution < -0.4 is 24.3 Å². The molecule has 0 atom stereocenters. The summed E-state index contributed by atoms with van der Waals surface area (Å²) in [5.74, 6) is 3.84. The topological polar surface area (TPSA) is 62.1 Å². The molecule has 0 spiro atoms. The lowest BCUT2D eigenvalue weighted by Crippen LogP contribution is -2.02. The van der Waals surface area contributed by atoms with E-state index in [0.29, 0.717) is 46.3 Å². The average Bonchev–Trinajstić information content (AvgIpc) is 3.24. The Morgan fingerprint density at radius 2 is 1.53 bits per heavy atom. The zero-order chi connectivity index (χ0) is 23.4. The van der Waals surface area contributed by atoms with Crippen molar-refractivity contribution in [2.45, 2.75) is 33.6 Å². The normalized spacial score (nSPS) is 10.8. The summed E-state index contributed by atoms with van der Waals surface area (Å²) in [6.07, 6.45) is 0. The highest BCUT2D eigenvalue weighted by Gasteiger charge is 2.17. The Morgan fingerprint density at radius 1 is 0.875 bits per heavy atom. The number of benzene rings is 2. The fraction of sp³-hybridized carbons (Fsp3) is 0.308. The quantitative estimate of drug-likeness (QED) is 0.392. The number of ether oxygens (including phenoxy) is 4. The minimum Gasteiger partial charge on any atom is -0.496 e. The molecule has 0 unspecified atom stereocenters. The molecule has 0 aliphatic heterocycles. The molecule has 2 aromatic carbocycles. The summed E-state index contributed by atoms with van der Waals surface area (Å²) in [5.41, 5.74) is 4.71. The molecule has 170 valence electrons. The van der Waals surface area contributed by atoms with Crippen LogP contribution in [0.15, 0.2) is 47.4 Å². The zero-order valence-electron chi connectivity index (χ0n) is 19.8. The van der Waals surface area contributed by atoms with Crippen LogP contribution in [0.1, 0.15) is 42.2 Å². The van der Waals surface area contributed by atoms with Gasteiger partial charge in [0.2, 0.25) is 0 Å². The van der Waals surface area contributed by atoms with E-state index in [1.807, 2.05) is 6.92 Å². The highest BCUT2D eigenvalue weighted by molar-refractivity contribution is 5.81. The second-order valence-corrected chi connectivity index (χ2v) is 7.86. The van der Waals surface area contributed by atoms with Crippen LogP contribution >= 0.6 is 0 Å². The summed E-state index contributed by atoms with van der Waals surface area (Å²) >= 11 is 0. The molecule has 0 aliphatic carbocycles. The molecule has 0 fully saturated rings. The summed E-state index contributed by atoms with van der Waals surface area (Å²) in [7, 11) is 4.75. The van der Waals surface area contributed by atoms with Crippen molar-refractivity contribution in [1.29, 1.82) is 0 Å². The standard InChI is InChI=1S/C26H31NO5/c1-15(2)20-14-22(17(4)11-16(20)3)32-25-10-9-21(31-25)18(5)27-26-23(29-7)12-19(28-6)13-24(26)30-8/h9-15,27H,5H2,1-4,6-8H3. The van der Waals surface area contributed by atoms with E-state index in [4.69, 9.17) is 23.4 Å². The molecule has 0 saturated carbocycles. The van der Waals surface area contributed by atoms with Gasteiger partial charge in [-0.2, -0.15) is 0 Å². The minimum absolute atomic E-state index is 0.387. The van der Waals surface area contributed by atoms with Crippen molar-refractivity contribution in [3.63, 3.8) is 0 Å². The second-order valence-electron chi connectivity index (χ2n) is 7.86. The first-order valence-corrected chi connectivity index (χ1v) is 10.4. The SMILES string of the molecule is C=C(Nc1c(OC)cc(OC)cc1OC)c1ccc(Oc2cc(C(C)C)c(C)cc2C)o1. The highest BCUT2D eigenvalue weighted by Crippen LogP contribution is 2.41. The van der Waals surface area contributed by atoms with E-state index in [0.717, 1.165) is 11.3 Å². The maximum atomic E-state index is 6.05. The first-order chi connectivity index (χ1) is 15.3. The highest BCUT2D eigenvalue weighted by atomic mass is 16.6. The third-order valence-electron chi connectivity index (χ3n) is 5.27. The van der Waals surface area contributed by atoms with Crippen LogP contribution in [-0.4, -0.2) is 21.3 Å². The molecule has 3 rings (SSSR count). The van der Waals surface area contributed by atoms with Crippen LogP contribution in [0.5, 0.6) is 28.9 Å². The number of methoxy groups -OCH3 is 3. The van der Waals surface area contributed by atoms with Gasteiger partial charge in [0.25, 0.3) is 5.95 Å². The predicted octanol–water partition coefficient (Wildman–Crippen LogP) is 6.92. The molecule has 0 aliphatic rings. The Hall–Kier alpha value is -3.54. The summed E-state index contributed by atoms with van der Waals surface area (Å²) in [5, 5.41) is 3.22. The number of nitrogens with one attached hydrogen (secondary N) is 1. The first-order valence-electron chi connectivity index (χ1n) is 10.4. The van der Waals surface area contributed by atoms with Gasteiger partial charge in [-0.15, -0.1) is 0 Å². The number of furan rings is 1. The fourth-order valence-electron chi connectivity index (χ4n) is 3.57. The van der Waals surface area contributed by atoms with Gasteiger partial charge >= 0.3 is 0 Å². The van der Waals surface area contributed by atoms with Gasteiger partial charge in [0.1, 0.15) is 28.7 Å². The third kappa shape index (κ3) is 4.85. The summed E-state index contributed by atoms with van der Waals surface area (Å²) in [6, 6.07) is 11.3. The predicted molar refractivity (Wildman–Crippen MR) is 128 cm³/mol. The Balaban J connectivity index is 1.83. The molecule has 1 aromatic heterocycles. The van der Waals surface area contributed by atoms with E-state index < -0.39 is 0 Å². The number of hydrogen-bond donors (Lipinski definition) is 1. The van der Waals surface area contributed by atoms with Crippen molar-refractivity contribution in [2.75, 3.05) is 26.6 Å². The maximum Gasteiger partial charge on any atom is 0.290 e. The van der Waals surface area contributed by atoms with Gasteiger partial charge < -0.3 is 28.7 Å². The van der Waals surface area contributed by atoms with Crippen LogP contribution in [0.4, 0.5) is 5.69 Å². The fourth-order valence-corrected chi connectivity index (χ4v) is 3.57. The van der Waals surface area contributed by atoms with Crippen molar-refractivity contribution in [3.8, 4) is 28.9 Å². The maximum absolute atomic E-state index is 6.05. The molecule has 0 amide bonds. The van der Waals surface area contributed by atoms with Crippen molar-refractivity contribution in [3.05, 3.63) is 65.4 Å². The Labute approximate surface area is 189 Å². The largest absolute Gasteiger partial charge is 0.496 e. The second kappa shape index (κ2) is 9.73. The number of anilines is 1. The molecule has 0 saturated heterocycles. The number of hydrogen-bond acceptors (Lipinski definition) is 6. The molecule has 1 heterocycles. The lowest BCUT2D eigenvalue weighted by Gasteiger charge is -2.17. The monoisotopic (exact) mass is 437 g/mol. The average molecular weight is 438 g/mol. The Bertz CT molecular complexity index is 1090. The van der Waals surface area contributed by atoms with Gasteiger partial charge in [0.15, 0.2) is 5.76 Å². The van der Waals surface area contributed by atoms with Gasteiger partial charge in [0.05, 0.1) is 27.0 Å². The van der Waals surface area contributed by atoms with Crippen LogP contribution in [0.25, 0.3) is 5.70 Å². The molecule has 0 bridgehead atoms. The minimum atomic E-state index is 0.387. The number of rotatable bonds is 9. The van der Waals surface area contributed by atoms with E-state index in [9.17, 15) is 0 Å². The van der Waals surface area contributed by atoms with Crippen LogP contribution in [0.2, 0.25) is 0 Å². The Kier molecular flexibility index (Phi) is 7.03. The molecular formula is C26H31NO5. The van der Waals surface area contributed by atoms with Crippen molar-refractivity contribution in [2.24, 2.45) is 0 Å². The van der Waals surface area contributed by atoms with Gasteiger partial charge in [-0.3, -0.25) is 0 Å². The Morgan fingerprint density at radius 3 is 2.09 bits per heavy atom. The van der Waals surface area contributed by atoms with Gasteiger partial charge in [-0.1, -0.05) is 26.5 Å². The number of aryl methyl sites for hydroxylation is 2. The van der Waals surface area contributed by atoms with Crippen LogP contribution in [0.3, 0.4) is 0 Å². The van der Waals surface area contributed by atoms with E-state index in [2.05, 4.69) is 44.8 Å². The molecular weight excluding hydrogens is 406 g/mol. The molecule has 6 heteroatoms. The van der Waals surface area contributed by atoms with Crippen LogP contribution in [-0.2, 0) is 0 Å². The van der Waals surface area contributed by atoms with Crippen molar-refractivity contribution >= 4 is 11.4 Å². The van der Waals surface area contributed by atoms with E-state index in [1.165, 1.54) is 11.1 Å². The zero-order valence-corrected chi connectivity index (χ0v) is 19.8. The van der Waals surface area contributed by atoms with E-state index in [1.54, 1.807) is 45.6 Å². The molecule has 6 nitrogen and oxygen atoms in total. The molecule has 3 aromatic rings.